The van der Waals surface area contributed by atoms with E-state index in [1.54, 1.807) is 13.3 Å². The molecule has 2 aromatic carbocycles. The van der Waals surface area contributed by atoms with E-state index in [0.29, 0.717) is 6.54 Å². The van der Waals surface area contributed by atoms with Crippen molar-refractivity contribution in [2.75, 3.05) is 7.11 Å². The van der Waals surface area contributed by atoms with Crippen LogP contribution in [0.4, 0.5) is 0 Å². The number of rotatable bonds is 6. The Morgan fingerprint density at radius 1 is 1.19 bits per heavy atom. The van der Waals surface area contributed by atoms with Crippen LogP contribution in [0.25, 0.3) is 11.3 Å². The van der Waals surface area contributed by atoms with Gasteiger partial charge in [0.1, 0.15) is 11.6 Å². The summed E-state index contributed by atoms with van der Waals surface area (Å²) in [6.45, 7) is 0.404. The molecule has 5 heteroatoms. The Labute approximate surface area is 152 Å². The van der Waals surface area contributed by atoms with Crippen molar-refractivity contribution in [3.8, 4) is 17.0 Å². The van der Waals surface area contributed by atoms with Crippen molar-refractivity contribution in [2.24, 2.45) is 5.92 Å². The van der Waals surface area contributed by atoms with Crippen molar-refractivity contribution >= 4 is 5.91 Å². The normalized spacial score (nSPS) is 18.3. The summed E-state index contributed by atoms with van der Waals surface area (Å²) < 4.78 is 5.40. The molecule has 26 heavy (non-hydrogen) atoms. The molecule has 2 N–H and O–H groups in total. The van der Waals surface area contributed by atoms with E-state index < -0.39 is 0 Å². The van der Waals surface area contributed by atoms with Crippen LogP contribution in [0.2, 0.25) is 0 Å². The standard InChI is InChI=1S/C21H21N3O2/c1-26-19-10-6-5-9-15(19)16-11-17(16)21(25)23-13-20-22-12-18(24-20)14-7-3-2-4-8-14/h2-10,12,16-17H,11,13H2,1H3,(H,22,24)(H,23,25)/t16-,17-/m0/s1. The van der Waals surface area contributed by atoms with Gasteiger partial charge in [0, 0.05) is 5.92 Å². The molecule has 4 rings (SSSR count). The van der Waals surface area contributed by atoms with Gasteiger partial charge in [0.15, 0.2) is 0 Å². The number of nitrogens with one attached hydrogen (secondary N) is 2. The van der Waals surface area contributed by atoms with Gasteiger partial charge in [-0.3, -0.25) is 4.79 Å². The van der Waals surface area contributed by atoms with Crippen LogP contribution in [0.1, 0.15) is 23.7 Å². The maximum absolute atomic E-state index is 12.4. The van der Waals surface area contributed by atoms with Crippen molar-refractivity contribution in [3.63, 3.8) is 0 Å². The van der Waals surface area contributed by atoms with Crippen molar-refractivity contribution < 1.29 is 9.53 Å². The lowest BCUT2D eigenvalue weighted by Crippen LogP contribution is -2.25. The first-order valence-electron chi connectivity index (χ1n) is 8.76. The Kier molecular flexibility index (Phi) is 4.44. The third-order valence-corrected chi connectivity index (χ3v) is 4.81. The number of nitrogens with zero attached hydrogens (tertiary/aromatic N) is 1. The predicted molar refractivity (Wildman–Crippen MR) is 99.7 cm³/mol. The highest BCUT2D eigenvalue weighted by Crippen LogP contribution is 2.50. The average molecular weight is 347 g/mol. The number of para-hydroxylation sites is 1. The molecular weight excluding hydrogens is 326 g/mol. The average Bonchev–Trinajstić information content (AvgIpc) is 3.36. The Balaban J connectivity index is 1.35. The number of carbonyl (C=O) groups excluding carboxylic acids is 1. The van der Waals surface area contributed by atoms with Crippen molar-refractivity contribution in [3.05, 3.63) is 72.2 Å². The monoisotopic (exact) mass is 347 g/mol. The van der Waals surface area contributed by atoms with Crippen molar-refractivity contribution in [1.82, 2.24) is 15.3 Å². The highest BCUT2D eigenvalue weighted by atomic mass is 16.5. The molecule has 1 amide bonds. The van der Waals surface area contributed by atoms with Gasteiger partial charge in [0.25, 0.3) is 0 Å². The molecule has 1 aliphatic rings. The third-order valence-electron chi connectivity index (χ3n) is 4.81. The number of hydrogen-bond acceptors (Lipinski definition) is 3. The van der Waals surface area contributed by atoms with Gasteiger partial charge in [-0.05, 0) is 29.5 Å². The summed E-state index contributed by atoms with van der Waals surface area (Å²) in [7, 11) is 1.66. The third kappa shape index (κ3) is 3.33. The zero-order valence-corrected chi connectivity index (χ0v) is 14.6. The summed E-state index contributed by atoms with van der Waals surface area (Å²) in [5.41, 5.74) is 3.14. The van der Waals surface area contributed by atoms with Gasteiger partial charge in [-0.25, -0.2) is 4.98 Å². The highest BCUT2D eigenvalue weighted by molar-refractivity contribution is 5.83. The largest absolute Gasteiger partial charge is 0.496 e. The van der Waals surface area contributed by atoms with Crippen molar-refractivity contribution in [1.29, 1.82) is 0 Å². The van der Waals surface area contributed by atoms with Gasteiger partial charge in [0.05, 0.1) is 25.5 Å². The molecule has 3 aromatic rings. The first kappa shape index (κ1) is 16.4. The topological polar surface area (TPSA) is 67.0 Å². The molecule has 0 radical (unpaired) electrons. The van der Waals surface area contributed by atoms with Crippen LogP contribution in [-0.2, 0) is 11.3 Å². The summed E-state index contributed by atoms with van der Waals surface area (Å²) >= 11 is 0. The van der Waals surface area contributed by atoms with E-state index in [2.05, 4.69) is 15.3 Å². The number of hydrogen-bond donors (Lipinski definition) is 2. The summed E-state index contributed by atoms with van der Waals surface area (Å²) in [5, 5.41) is 2.99. The zero-order chi connectivity index (χ0) is 17.9. The van der Waals surface area contributed by atoms with E-state index in [4.69, 9.17) is 4.74 Å². The fraction of sp³-hybridized carbons (Fsp3) is 0.238. The van der Waals surface area contributed by atoms with E-state index in [1.807, 2.05) is 54.6 Å². The summed E-state index contributed by atoms with van der Waals surface area (Å²) in [6.07, 6.45) is 2.66. The Morgan fingerprint density at radius 3 is 2.77 bits per heavy atom. The lowest BCUT2D eigenvalue weighted by Gasteiger charge is -2.07. The number of imidazole rings is 1. The number of aromatic amines is 1. The van der Waals surface area contributed by atoms with Crippen molar-refractivity contribution in [2.45, 2.75) is 18.9 Å². The number of ether oxygens (including phenoxy) is 1. The maximum atomic E-state index is 12.4. The van der Waals surface area contributed by atoms with Crippen LogP contribution >= 0.6 is 0 Å². The molecule has 2 atom stereocenters. The fourth-order valence-corrected chi connectivity index (χ4v) is 3.32. The fourth-order valence-electron chi connectivity index (χ4n) is 3.32. The minimum atomic E-state index is 0.00913. The van der Waals surface area contributed by atoms with Gasteiger partial charge < -0.3 is 15.0 Å². The molecule has 0 saturated heterocycles. The molecule has 132 valence electrons. The summed E-state index contributed by atoms with van der Waals surface area (Å²) in [5.74, 6) is 1.93. The molecule has 0 aliphatic heterocycles. The molecule has 1 heterocycles. The molecule has 0 spiro atoms. The number of H-pyrrole nitrogens is 1. The van der Waals surface area contributed by atoms with Crippen LogP contribution in [0, 0.1) is 5.92 Å². The molecule has 0 bridgehead atoms. The molecule has 1 fully saturated rings. The molecule has 0 unspecified atom stereocenters. The van der Waals surface area contributed by atoms with E-state index >= 15 is 0 Å². The van der Waals surface area contributed by atoms with Gasteiger partial charge in [-0.1, -0.05) is 48.5 Å². The lowest BCUT2D eigenvalue weighted by molar-refractivity contribution is -0.122. The van der Waals surface area contributed by atoms with Gasteiger partial charge in [0.2, 0.25) is 5.91 Å². The van der Waals surface area contributed by atoms with Gasteiger partial charge in [-0.2, -0.15) is 0 Å². The van der Waals surface area contributed by atoms with Crippen LogP contribution in [0.15, 0.2) is 60.8 Å². The highest BCUT2D eigenvalue weighted by Gasteiger charge is 2.45. The lowest BCUT2D eigenvalue weighted by atomic mass is 10.1. The number of aromatic nitrogens is 2. The van der Waals surface area contributed by atoms with Crippen LogP contribution in [0.3, 0.4) is 0 Å². The molecule has 5 nitrogen and oxygen atoms in total. The second-order valence-corrected chi connectivity index (χ2v) is 6.52. The van der Waals surface area contributed by atoms with E-state index in [9.17, 15) is 4.79 Å². The Morgan fingerprint density at radius 2 is 1.96 bits per heavy atom. The zero-order valence-electron chi connectivity index (χ0n) is 14.6. The van der Waals surface area contributed by atoms with Crippen LogP contribution in [-0.4, -0.2) is 23.0 Å². The Hall–Kier alpha value is -3.08. The SMILES string of the molecule is COc1ccccc1[C@@H]1C[C@@H]1C(=O)NCc1ncc(-c2ccccc2)[nH]1. The Bertz CT molecular complexity index is 904. The number of carbonyl (C=O) groups is 1. The minimum Gasteiger partial charge on any atom is -0.496 e. The van der Waals surface area contributed by atoms with Gasteiger partial charge >= 0.3 is 0 Å². The quantitative estimate of drug-likeness (QED) is 0.717. The first-order chi connectivity index (χ1) is 12.8. The minimum absolute atomic E-state index is 0.00913. The first-order valence-corrected chi connectivity index (χ1v) is 8.76. The summed E-state index contributed by atoms with van der Waals surface area (Å²) in [6, 6.07) is 17.9. The predicted octanol–water partition coefficient (Wildman–Crippen LogP) is 3.51. The molecule has 1 aliphatic carbocycles. The van der Waals surface area contributed by atoms with E-state index in [-0.39, 0.29) is 17.7 Å². The second kappa shape index (κ2) is 7.04. The van der Waals surface area contributed by atoms with E-state index in [0.717, 1.165) is 34.8 Å². The van der Waals surface area contributed by atoms with E-state index in [1.165, 1.54) is 0 Å². The number of methoxy groups -OCH3 is 1. The van der Waals surface area contributed by atoms with Crippen LogP contribution in [0.5, 0.6) is 5.75 Å². The second-order valence-electron chi connectivity index (χ2n) is 6.52. The van der Waals surface area contributed by atoms with Gasteiger partial charge in [-0.15, -0.1) is 0 Å². The molecular formula is C21H21N3O2. The maximum Gasteiger partial charge on any atom is 0.224 e. The smallest absolute Gasteiger partial charge is 0.224 e. The van der Waals surface area contributed by atoms with Crippen LogP contribution < -0.4 is 10.1 Å². The molecule has 1 aromatic heterocycles. The number of benzene rings is 2. The molecule has 1 saturated carbocycles. The summed E-state index contributed by atoms with van der Waals surface area (Å²) in [4.78, 5) is 20.1. The number of amides is 1.